The Bertz CT molecular complexity index is 953. The van der Waals surface area contributed by atoms with Gasteiger partial charge in [0.2, 0.25) is 0 Å². The number of hydrogen-bond acceptors (Lipinski definition) is 4. The van der Waals surface area contributed by atoms with Crippen molar-refractivity contribution in [3.05, 3.63) is 83.6 Å². The van der Waals surface area contributed by atoms with Crippen molar-refractivity contribution in [1.82, 2.24) is 5.32 Å². The van der Waals surface area contributed by atoms with E-state index >= 15 is 0 Å². The molecule has 27 heavy (non-hydrogen) atoms. The standard InChI is InChI=1S/C20H18FNO4S/c1-25-16-4-2-3-14(11-16)12-22-20(23)19-10-7-17(26-19)13-27(24)18-8-5-15(21)6-9-18/h2-11H,12-13H2,1H3,(H,22,23)/t27-/m1/s1. The van der Waals surface area contributed by atoms with Gasteiger partial charge in [0.15, 0.2) is 5.76 Å². The second kappa shape index (κ2) is 8.64. The van der Waals surface area contributed by atoms with Crippen molar-refractivity contribution in [2.24, 2.45) is 0 Å². The fourth-order valence-electron chi connectivity index (χ4n) is 2.43. The Balaban J connectivity index is 1.58. The molecule has 0 fully saturated rings. The third-order valence-corrected chi connectivity index (χ3v) is 5.17. The molecule has 0 spiro atoms. The number of methoxy groups -OCH3 is 1. The number of halogens is 1. The van der Waals surface area contributed by atoms with E-state index in [2.05, 4.69) is 5.32 Å². The molecule has 3 rings (SSSR count). The number of nitrogens with one attached hydrogen (secondary N) is 1. The third kappa shape index (κ3) is 5.04. The Hall–Kier alpha value is -2.93. The maximum atomic E-state index is 12.9. The molecule has 3 aromatic rings. The number of benzene rings is 2. The minimum absolute atomic E-state index is 0.106. The molecule has 140 valence electrons. The minimum Gasteiger partial charge on any atom is -0.497 e. The lowest BCUT2D eigenvalue weighted by Crippen LogP contribution is -2.22. The van der Waals surface area contributed by atoms with E-state index in [1.807, 2.05) is 24.3 Å². The lowest BCUT2D eigenvalue weighted by atomic mass is 10.2. The molecule has 5 nitrogen and oxygen atoms in total. The fraction of sp³-hybridized carbons (Fsp3) is 0.150. The SMILES string of the molecule is COc1cccc(CNC(=O)c2ccc(C[S@@](=O)c3ccc(F)cc3)o2)c1. The molecule has 0 saturated heterocycles. The van der Waals surface area contributed by atoms with Gasteiger partial charge in [0.25, 0.3) is 5.91 Å². The summed E-state index contributed by atoms with van der Waals surface area (Å²) in [5.41, 5.74) is 0.895. The summed E-state index contributed by atoms with van der Waals surface area (Å²) in [6, 6.07) is 16.0. The van der Waals surface area contributed by atoms with Crippen LogP contribution in [0.5, 0.6) is 5.75 Å². The molecule has 0 aliphatic carbocycles. The first kappa shape index (κ1) is 18.8. The fourth-order valence-corrected chi connectivity index (χ4v) is 3.45. The van der Waals surface area contributed by atoms with Gasteiger partial charge in [0.1, 0.15) is 17.3 Å². The maximum absolute atomic E-state index is 12.9. The summed E-state index contributed by atoms with van der Waals surface area (Å²) in [5, 5.41) is 2.77. The van der Waals surface area contributed by atoms with Crippen LogP contribution in [0, 0.1) is 5.82 Å². The summed E-state index contributed by atoms with van der Waals surface area (Å²) in [6.45, 7) is 0.327. The zero-order chi connectivity index (χ0) is 19.2. The minimum atomic E-state index is -1.39. The van der Waals surface area contributed by atoms with Crippen molar-refractivity contribution >= 4 is 16.7 Å². The highest BCUT2D eigenvalue weighted by atomic mass is 32.2. The van der Waals surface area contributed by atoms with E-state index in [1.54, 1.807) is 13.2 Å². The van der Waals surface area contributed by atoms with E-state index in [0.717, 1.165) is 5.56 Å². The summed E-state index contributed by atoms with van der Waals surface area (Å²) < 4.78 is 35.9. The maximum Gasteiger partial charge on any atom is 0.287 e. The molecular weight excluding hydrogens is 369 g/mol. The highest BCUT2D eigenvalue weighted by molar-refractivity contribution is 7.84. The van der Waals surface area contributed by atoms with E-state index < -0.39 is 10.8 Å². The van der Waals surface area contributed by atoms with Crippen LogP contribution in [0.2, 0.25) is 0 Å². The average Bonchev–Trinajstić information content (AvgIpc) is 3.15. The predicted molar refractivity (Wildman–Crippen MR) is 99.4 cm³/mol. The average molecular weight is 387 g/mol. The Morgan fingerprint density at radius 2 is 1.93 bits per heavy atom. The first-order chi connectivity index (χ1) is 13.0. The number of hydrogen-bond donors (Lipinski definition) is 1. The Labute approximate surface area is 158 Å². The molecule has 1 aromatic heterocycles. The summed E-state index contributed by atoms with van der Waals surface area (Å²) in [7, 11) is 0.196. The summed E-state index contributed by atoms with van der Waals surface area (Å²) in [5.74, 6) is 0.633. The summed E-state index contributed by atoms with van der Waals surface area (Å²) in [4.78, 5) is 12.7. The Morgan fingerprint density at radius 3 is 2.67 bits per heavy atom. The van der Waals surface area contributed by atoms with Crippen molar-refractivity contribution < 1.29 is 22.5 Å². The van der Waals surface area contributed by atoms with E-state index in [-0.39, 0.29) is 23.2 Å². The lowest BCUT2D eigenvalue weighted by molar-refractivity contribution is 0.0921. The van der Waals surface area contributed by atoms with Crippen LogP contribution in [0.1, 0.15) is 21.9 Å². The topological polar surface area (TPSA) is 68.5 Å². The highest BCUT2D eigenvalue weighted by Gasteiger charge is 2.14. The smallest absolute Gasteiger partial charge is 0.287 e. The number of ether oxygens (including phenoxy) is 1. The second-order valence-corrected chi connectivity index (χ2v) is 7.20. The van der Waals surface area contributed by atoms with Gasteiger partial charge in [-0.3, -0.25) is 9.00 Å². The van der Waals surface area contributed by atoms with Gasteiger partial charge < -0.3 is 14.5 Å². The second-order valence-electron chi connectivity index (χ2n) is 5.74. The molecular formula is C20H18FNO4S. The first-order valence-corrected chi connectivity index (χ1v) is 9.51. The van der Waals surface area contributed by atoms with Gasteiger partial charge in [0, 0.05) is 11.4 Å². The molecule has 0 bridgehead atoms. The molecule has 1 atom stereocenters. The van der Waals surface area contributed by atoms with Crippen LogP contribution in [0.4, 0.5) is 4.39 Å². The van der Waals surface area contributed by atoms with Gasteiger partial charge in [-0.25, -0.2) is 4.39 Å². The normalized spacial score (nSPS) is 11.8. The largest absolute Gasteiger partial charge is 0.497 e. The molecule has 0 radical (unpaired) electrons. The number of amides is 1. The predicted octanol–water partition coefficient (Wildman–Crippen LogP) is 3.67. The number of carbonyl (C=O) groups excluding carboxylic acids is 1. The molecule has 0 aliphatic heterocycles. The van der Waals surface area contributed by atoms with E-state index in [9.17, 15) is 13.4 Å². The van der Waals surface area contributed by atoms with Crippen molar-refractivity contribution in [2.45, 2.75) is 17.2 Å². The zero-order valence-corrected chi connectivity index (χ0v) is 15.4. The van der Waals surface area contributed by atoms with Gasteiger partial charge in [-0.1, -0.05) is 12.1 Å². The number of rotatable bonds is 7. The van der Waals surface area contributed by atoms with E-state index in [0.29, 0.717) is 22.9 Å². The van der Waals surface area contributed by atoms with Crippen molar-refractivity contribution in [3.63, 3.8) is 0 Å². The molecule has 2 aromatic carbocycles. The lowest BCUT2D eigenvalue weighted by Gasteiger charge is -2.05. The van der Waals surface area contributed by atoms with Gasteiger partial charge in [-0.05, 0) is 54.1 Å². The van der Waals surface area contributed by atoms with Crippen LogP contribution in [0.3, 0.4) is 0 Å². The zero-order valence-electron chi connectivity index (χ0n) is 14.6. The molecule has 0 unspecified atom stereocenters. The molecule has 0 saturated carbocycles. The Morgan fingerprint density at radius 1 is 1.15 bits per heavy atom. The summed E-state index contributed by atoms with van der Waals surface area (Å²) in [6.07, 6.45) is 0. The number of furan rings is 1. The quantitative estimate of drug-likeness (QED) is 0.672. The summed E-state index contributed by atoms with van der Waals surface area (Å²) >= 11 is 0. The van der Waals surface area contributed by atoms with Crippen LogP contribution in [-0.2, 0) is 23.1 Å². The van der Waals surface area contributed by atoms with Gasteiger partial charge in [-0.2, -0.15) is 0 Å². The molecule has 7 heteroatoms. The molecule has 1 heterocycles. The van der Waals surface area contributed by atoms with E-state index in [4.69, 9.17) is 9.15 Å². The van der Waals surface area contributed by atoms with Crippen LogP contribution in [0.25, 0.3) is 0 Å². The van der Waals surface area contributed by atoms with Crippen molar-refractivity contribution in [2.75, 3.05) is 7.11 Å². The van der Waals surface area contributed by atoms with Crippen LogP contribution in [-0.4, -0.2) is 17.2 Å². The molecule has 1 amide bonds. The highest BCUT2D eigenvalue weighted by Crippen LogP contribution is 2.16. The molecule has 1 N–H and O–H groups in total. The van der Waals surface area contributed by atoms with Gasteiger partial charge >= 0.3 is 0 Å². The number of carbonyl (C=O) groups is 1. The van der Waals surface area contributed by atoms with Crippen molar-refractivity contribution in [1.29, 1.82) is 0 Å². The van der Waals surface area contributed by atoms with E-state index in [1.165, 1.54) is 30.3 Å². The van der Waals surface area contributed by atoms with Crippen LogP contribution in [0.15, 0.2) is 70.0 Å². The van der Waals surface area contributed by atoms with Gasteiger partial charge in [-0.15, -0.1) is 0 Å². The van der Waals surface area contributed by atoms with Crippen molar-refractivity contribution in [3.8, 4) is 5.75 Å². The van der Waals surface area contributed by atoms with Gasteiger partial charge in [0.05, 0.1) is 23.7 Å². The Kier molecular flexibility index (Phi) is 6.03. The first-order valence-electron chi connectivity index (χ1n) is 8.19. The van der Waals surface area contributed by atoms with Crippen LogP contribution < -0.4 is 10.1 Å². The molecule has 0 aliphatic rings. The monoisotopic (exact) mass is 387 g/mol. The van der Waals surface area contributed by atoms with Crippen LogP contribution >= 0.6 is 0 Å². The third-order valence-electron chi connectivity index (χ3n) is 3.82.